The van der Waals surface area contributed by atoms with Gasteiger partial charge in [-0.2, -0.15) is 0 Å². The average Bonchev–Trinajstić information content (AvgIpc) is 3.23. The van der Waals surface area contributed by atoms with Crippen LogP contribution in [-0.4, -0.2) is 16.8 Å². The van der Waals surface area contributed by atoms with Crippen molar-refractivity contribution in [2.24, 2.45) is 4.99 Å². The first kappa shape index (κ1) is 42.2. The maximum Gasteiger partial charge on any atom is 0.259 e. The van der Waals surface area contributed by atoms with E-state index in [-0.39, 0.29) is 16.9 Å². The summed E-state index contributed by atoms with van der Waals surface area (Å²) >= 11 is 0. The lowest BCUT2D eigenvalue weighted by Gasteiger charge is -2.20. The van der Waals surface area contributed by atoms with E-state index in [1.165, 1.54) is 22.3 Å². The number of anilines is 2. The quantitative estimate of drug-likeness (QED) is 0.0547. The van der Waals surface area contributed by atoms with E-state index in [9.17, 15) is 38.8 Å². The largest absolute Gasteiger partial charge is 0.456 e. The Balaban J connectivity index is 1.46. The summed E-state index contributed by atoms with van der Waals surface area (Å²) in [5.41, 5.74) is 7.52. The zero-order chi connectivity index (χ0) is 43.1. The Kier molecular flexibility index (Phi) is 11.7. The van der Waals surface area contributed by atoms with Gasteiger partial charge in [0.05, 0.1) is 15.9 Å². The van der Waals surface area contributed by atoms with E-state index in [0.29, 0.717) is 27.6 Å². The van der Waals surface area contributed by atoms with E-state index in [2.05, 4.69) is 5.32 Å². The summed E-state index contributed by atoms with van der Waals surface area (Å²) in [5.74, 6) is -12.9. The third-order valence-corrected chi connectivity index (χ3v) is 13.9. The fraction of sp³-hybridized carbons (Fsp3) is 0.178. The Hall–Kier alpha value is -5.90. The lowest BCUT2D eigenvalue weighted by Crippen LogP contribution is -2.33. The summed E-state index contributed by atoms with van der Waals surface area (Å²) in [6.07, 6.45) is 2.98. The van der Waals surface area contributed by atoms with E-state index >= 15 is 0 Å². The highest BCUT2D eigenvalue weighted by atomic mass is 32.3. The molecule has 0 unspecified atom stereocenters. The van der Waals surface area contributed by atoms with E-state index in [1.807, 2.05) is 64.1 Å². The Morgan fingerprint density at radius 1 is 0.583 bits per heavy atom. The molecule has 0 amide bonds. The number of para-hydroxylation sites is 2. The van der Waals surface area contributed by atoms with Crippen LogP contribution in [0.2, 0.25) is 0 Å². The van der Waals surface area contributed by atoms with Gasteiger partial charge in [-0.05, 0) is 78.3 Å². The molecule has 5 aromatic rings. The summed E-state index contributed by atoms with van der Waals surface area (Å²) in [4.78, 5) is 1.97. The number of halogens is 5. The second-order valence-electron chi connectivity index (χ2n) is 13.9. The molecular formula is C45H38F5N3O5S2. The zero-order valence-corrected chi connectivity index (χ0v) is 34.4. The fourth-order valence-corrected chi connectivity index (χ4v) is 10.5. The predicted molar refractivity (Wildman–Crippen MR) is 221 cm³/mol. The van der Waals surface area contributed by atoms with Crippen molar-refractivity contribution in [3.63, 3.8) is 0 Å². The van der Waals surface area contributed by atoms with Gasteiger partial charge in [0, 0.05) is 45.6 Å². The van der Waals surface area contributed by atoms with Gasteiger partial charge in [-0.15, -0.1) is 4.13 Å². The molecule has 1 heterocycles. The molecule has 310 valence electrons. The molecule has 0 atom stereocenters. The van der Waals surface area contributed by atoms with Crippen LogP contribution in [0.25, 0.3) is 33.4 Å². The highest BCUT2D eigenvalue weighted by Gasteiger charge is 2.37. The van der Waals surface area contributed by atoms with Crippen molar-refractivity contribution in [1.29, 1.82) is 0 Å². The number of fused-ring (bicyclic) bond motifs is 2. The van der Waals surface area contributed by atoms with Crippen molar-refractivity contribution in [3.05, 3.63) is 154 Å². The predicted octanol–water partition coefficient (Wildman–Crippen LogP) is 10.8. The van der Waals surface area contributed by atoms with Crippen LogP contribution < -0.4 is 14.8 Å². The smallest absolute Gasteiger partial charge is 0.259 e. The molecule has 1 aliphatic heterocycles. The molecule has 15 heteroatoms. The maximum atomic E-state index is 14.7. The van der Waals surface area contributed by atoms with Crippen LogP contribution in [0.1, 0.15) is 49.9 Å². The van der Waals surface area contributed by atoms with E-state index in [4.69, 9.17) is 9.41 Å². The number of nitrogens with one attached hydrogen (secondary N) is 2. The second kappa shape index (κ2) is 16.6. The summed E-state index contributed by atoms with van der Waals surface area (Å²) in [5, 5.41) is 4.45. The Bertz CT molecular complexity index is 3020. The van der Waals surface area contributed by atoms with Crippen LogP contribution in [0.15, 0.2) is 116 Å². The van der Waals surface area contributed by atoms with Gasteiger partial charge in [0.25, 0.3) is 20.0 Å². The minimum Gasteiger partial charge on any atom is -0.456 e. The molecule has 8 nitrogen and oxygen atoms in total. The van der Waals surface area contributed by atoms with E-state index in [1.54, 1.807) is 36.4 Å². The minimum atomic E-state index is -5.94. The van der Waals surface area contributed by atoms with Crippen LogP contribution in [0, 0.1) is 29.1 Å². The topological polar surface area (TPSA) is 118 Å². The van der Waals surface area contributed by atoms with Gasteiger partial charge in [0.2, 0.25) is 5.82 Å². The molecule has 0 fully saturated rings. The van der Waals surface area contributed by atoms with Crippen LogP contribution in [0.3, 0.4) is 0 Å². The van der Waals surface area contributed by atoms with Crippen molar-refractivity contribution in [1.82, 2.24) is 4.13 Å². The highest BCUT2D eigenvalue weighted by Crippen LogP contribution is 2.43. The normalized spacial score (nSPS) is 12.4. The molecule has 0 aromatic heterocycles. The third-order valence-electron chi connectivity index (χ3n) is 10.3. The lowest BCUT2D eigenvalue weighted by molar-refractivity contribution is 0.357. The van der Waals surface area contributed by atoms with Gasteiger partial charge in [-0.25, -0.2) is 43.8 Å². The number of aryl methyl sites for hydroxylation is 4. The van der Waals surface area contributed by atoms with Gasteiger partial charge >= 0.3 is 0 Å². The van der Waals surface area contributed by atoms with Gasteiger partial charge in [0.1, 0.15) is 11.3 Å². The van der Waals surface area contributed by atoms with Crippen LogP contribution in [0.4, 0.5) is 39.0 Å². The Morgan fingerprint density at radius 3 is 1.75 bits per heavy atom. The highest BCUT2D eigenvalue weighted by molar-refractivity contribution is 8.04. The summed E-state index contributed by atoms with van der Waals surface area (Å²) in [6, 6.07) is 27.6. The van der Waals surface area contributed by atoms with Crippen LogP contribution >= 0.6 is 0 Å². The number of rotatable bonds is 12. The molecular weight excluding hydrogens is 822 g/mol. The number of nitrogens with zero attached hydrogens (tertiary/aromatic N) is 1. The molecule has 2 aliphatic rings. The molecule has 0 spiro atoms. The standard InChI is InChI=1S/C45H38F5N3O5S2/c1-5-25-13-11-14-26(6-2)43(25)51-29-19-21-31-34(23-29)58-35-24-30(52-44-27(7-3)15-12-16-28(44)8-4)20-22-32(35)37(31)33-17-9-10-18-36(33)59(54,55)53-60(56,57)45-41(49)39(47)38(46)40(48)42(45)50/h9-24,51,53H,5-8H2,1-4H3/b52-30+. The monoisotopic (exact) mass is 859 g/mol. The molecule has 0 bridgehead atoms. The van der Waals surface area contributed by atoms with Crippen LogP contribution in [0.5, 0.6) is 0 Å². The van der Waals surface area contributed by atoms with Crippen molar-refractivity contribution in [2.75, 3.05) is 5.32 Å². The zero-order valence-electron chi connectivity index (χ0n) is 32.8. The van der Waals surface area contributed by atoms with E-state index < -0.39 is 58.9 Å². The first-order valence-corrected chi connectivity index (χ1v) is 22.0. The van der Waals surface area contributed by atoms with Crippen molar-refractivity contribution >= 4 is 48.1 Å². The summed E-state index contributed by atoms with van der Waals surface area (Å²) in [6.45, 7) is 8.16. The molecule has 0 saturated carbocycles. The second-order valence-corrected chi connectivity index (χ2v) is 17.4. The Labute approximate surface area is 343 Å². The number of sulfonamides is 2. The van der Waals surface area contributed by atoms with Gasteiger partial charge < -0.3 is 9.73 Å². The summed E-state index contributed by atoms with van der Waals surface area (Å²) in [7, 11) is -11.3. The molecule has 7 rings (SSSR count). The fourth-order valence-electron chi connectivity index (χ4n) is 7.31. The SMILES string of the molecule is CCc1cccc(CC)c1/N=c1\ccc2c(-c3ccccc3S(=O)(=O)NS(=O)(=O)c3c(F)c(F)c(F)c(F)c3F)c3ccc(Nc4c(CC)cccc4CC)cc3oc-2c1. The third kappa shape index (κ3) is 7.68. The molecule has 0 radical (unpaired) electrons. The van der Waals surface area contributed by atoms with Crippen LogP contribution in [-0.2, 0) is 45.7 Å². The van der Waals surface area contributed by atoms with Crippen molar-refractivity contribution in [2.45, 2.75) is 63.2 Å². The maximum absolute atomic E-state index is 14.7. The molecule has 1 aliphatic carbocycles. The molecule has 5 aromatic carbocycles. The minimum absolute atomic E-state index is 0.0667. The Morgan fingerprint density at radius 2 is 1.15 bits per heavy atom. The van der Waals surface area contributed by atoms with Crippen molar-refractivity contribution in [3.8, 4) is 22.5 Å². The lowest BCUT2D eigenvalue weighted by atomic mass is 9.93. The first-order chi connectivity index (χ1) is 28.6. The van der Waals surface area contributed by atoms with E-state index in [0.717, 1.165) is 65.4 Å². The number of hydrogen-bond donors (Lipinski definition) is 2. The summed E-state index contributed by atoms with van der Waals surface area (Å²) < 4.78 is 134. The van der Waals surface area contributed by atoms with Gasteiger partial charge in [-0.3, -0.25) is 0 Å². The molecule has 2 N–H and O–H groups in total. The number of hydrogen-bond acceptors (Lipinski definition) is 7. The van der Waals surface area contributed by atoms with Gasteiger partial charge in [0.15, 0.2) is 28.2 Å². The van der Waals surface area contributed by atoms with Gasteiger partial charge in [-0.1, -0.05) is 82.3 Å². The number of benzene rings is 6. The molecule has 0 saturated heterocycles. The first-order valence-electron chi connectivity index (χ1n) is 19.1. The average molecular weight is 860 g/mol. The molecule has 60 heavy (non-hydrogen) atoms. The van der Waals surface area contributed by atoms with Crippen molar-refractivity contribution < 1.29 is 43.2 Å².